The molecule has 1 amide bonds. The molecular weight excluding hydrogens is 258 g/mol. The van der Waals surface area contributed by atoms with Crippen LogP contribution in [-0.2, 0) is 11.2 Å². The highest BCUT2D eigenvalue weighted by Crippen LogP contribution is 2.23. The fourth-order valence-electron chi connectivity index (χ4n) is 2.76. The molecule has 1 aromatic carbocycles. The van der Waals surface area contributed by atoms with Crippen LogP contribution in [0.2, 0.25) is 0 Å². The lowest BCUT2D eigenvalue weighted by molar-refractivity contribution is -0.115. The van der Waals surface area contributed by atoms with Crippen molar-refractivity contribution in [2.24, 2.45) is 11.7 Å². The molecule has 0 saturated carbocycles. The van der Waals surface area contributed by atoms with Crippen molar-refractivity contribution in [3.63, 3.8) is 0 Å². The molecule has 1 rings (SSSR count). The van der Waals surface area contributed by atoms with E-state index in [9.17, 15) is 4.79 Å². The minimum Gasteiger partial charge on any atom is -0.366 e. The lowest BCUT2D eigenvalue weighted by atomic mass is 9.89. The fraction of sp³-hybridized carbons (Fsp3) is 0.526. The Labute approximate surface area is 129 Å². The Morgan fingerprint density at radius 1 is 1.10 bits per heavy atom. The molecule has 1 unspecified atom stereocenters. The van der Waals surface area contributed by atoms with Crippen molar-refractivity contribution in [2.75, 3.05) is 0 Å². The van der Waals surface area contributed by atoms with Gasteiger partial charge in [0.15, 0.2) is 0 Å². The van der Waals surface area contributed by atoms with Crippen LogP contribution in [0, 0.1) is 5.92 Å². The van der Waals surface area contributed by atoms with Gasteiger partial charge in [-0.15, -0.1) is 0 Å². The van der Waals surface area contributed by atoms with Crippen LogP contribution in [0.1, 0.15) is 57.4 Å². The summed E-state index contributed by atoms with van der Waals surface area (Å²) >= 11 is 0. The number of aryl methyl sites for hydroxylation is 1. The molecule has 0 bridgehead atoms. The number of nitrogens with two attached hydrogens (primary N) is 1. The van der Waals surface area contributed by atoms with Crippen LogP contribution in [0.3, 0.4) is 0 Å². The maximum atomic E-state index is 11.2. The van der Waals surface area contributed by atoms with Gasteiger partial charge in [0.05, 0.1) is 0 Å². The minimum absolute atomic E-state index is 0.279. The van der Waals surface area contributed by atoms with E-state index in [1.807, 2.05) is 0 Å². The molecule has 1 atom stereocenters. The van der Waals surface area contributed by atoms with Gasteiger partial charge in [0.1, 0.15) is 0 Å². The first kappa shape index (κ1) is 17.5. The van der Waals surface area contributed by atoms with Gasteiger partial charge in [-0.2, -0.15) is 0 Å². The van der Waals surface area contributed by atoms with Gasteiger partial charge >= 0.3 is 0 Å². The van der Waals surface area contributed by atoms with Crippen molar-refractivity contribution in [3.8, 4) is 0 Å². The number of unbranched alkanes of at least 4 members (excludes halogenated alkanes) is 3. The average molecular weight is 287 g/mol. The highest BCUT2D eigenvalue weighted by Gasteiger charge is 2.15. The summed E-state index contributed by atoms with van der Waals surface area (Å²) in [6.45, 7) is 5.99. The second-order valence-electron chi connectivity index (χ2n) is 5.81. The van der Waals surface area contributed by atoms with Crippen molar-refractivity contribution in [3.05, 3.63) is 48.0 Å². The molecule has 0 aliphatic carbocycles. The van der Waals surface area contributed by atoms with Gasteiger partial charge in [-0.25, -0.2) is 0 Å². The van der Waals surface area contributed by atoms with E-state index in [1.165, 1.54) is 24.8 Å². The number of hydrogen-bond acceptors (Lipinski definition) is 1. The lowest BCUT2D eigenvalue weighted by Gasteiger charge is -2.16. The highest BCUT2D eigenvalue weighted by molar-refractivity contribution is 5.91. The molecule has 1 aromatic rings. The average Bonchev–Trinajstić information content (AvgIpc) is 2.49. The van der Waals surface area contributed by atoms with E-state index < -0.39 is 0 Å². The third-order valence-electron chi connectivity index (χ3n) is 4.06. The summed E-state index contributed by atoms with van der Waals surface area (Å²) in [6.07, 6.45) is 9.16. The molecule has 0 radical (unpaired) electrons. The van der Waals surface area contributed by atoms with Crippen LogP contribution < -0.4 is 5.73 Å². The summed E-state index contributed by atoms with van der Waals surface area (Å²) < 4.78 is 0. The molecule has 0 aliphatic rings. The van der Waals surface area contributed by atoms with Gasteiger partial charge in [0.25, 0.3) is 0 Å². The maximum absolute atomic E-state index is 11.2. The Hall–Kier alpha value is -1.57. The van der Waals surface area contributed by atoms with Crippen LogP contribution in [0.15, 0.2) is 42.5 Å². The molecule has 0 aromatic heterocycles. The summed E-state index contributed by atoms with van der Waals surface area (Å²) in [4.78, 5) is 11.2. The Morgan fingerprint density at radius 2 is 1.76 bits per heavy atom. The van der Waals surface area contributed by atoms with Gasteiger partial charge in [0, 0.05) is 5.57 Å². The second kappa shape index (κ2) is 10.2. The van der Waals surface area contributed by atoms with Gasteiger partial charge in [-0.05, 0) is 37.2 Å². The predicted molar refractivity (Wildman–Crippen MR) is 90.0 cm³/mol. The minimum atomic E-state index is -0.336. The highest BCUT2D eigenvalue weighted by atomic mass is 16.1. The first-order valence-corrected chi connectivity index (χ1v) is 8.17. The van der Waals surface area contributed by atoms with E-state index in [0.29, 0.717) is 5.57 Å². The fourth-order valence-corrected chi connectivity index (χ4v) is 2.76. The Bertz CT molecular complexity index is 424. The van der Waals surface area contributed by atoms with E-state index in [-0.39, 0.29) is 11.8 Å². The summed E-state index contributed by atoms with van der Waals surface area (Å²) in [6, 6.07) is 10.6. The van der Waals surface area contributed by atoms with E-state index in [1.54, 1.807) is 0 Å². The zero-order chi connectivity index (χ0) is 15.5. The standard InChI is InChI=1S/C19H29NO/c1-3-11-18(16(2)19(20)21)15-10-5-4-7-12-17-13-8-6-9-14-17/h6,8-9,13-14,18H,2-5,7,10-12,15H2,1H3,(H2,20,21). The molecule has 116 valence electrons. The molecule has 0 spiro atoms. The van der Waals surface area contributed by atoms with Crippen molar-refractivity contribution in [2.45, 2.75) is 58.3 Å². The van der Waals surface area contributed by atoms with Gasteiger partial charge in [-0.1, -0.05) is 69.5 Å². The molecule has 0 saturated heterocycles. The van der Waals surface area contributed by atoms with Crippen LogP contribution in [0.4, 0.5) is 0 Å². The Kier molecular flexibility index (Phi) is 8.49. The third-order valence-corrected chi connectivity index (χ3v) is 4.06. The SMILES string of the molecule is C=C(C(N)=O)C(CCC)CCCCCCc1ccccc1. The summed E-state index contributed by atoms with van der Waals surface area (Å²) in [7, 11) is 0. The summed E-state index contributed by atoms with van der Waals surface area (Å²) in [5, 5.41) is 0. The number of hydrogen-bond donors (Lipinski definition) is 1. The molecule has 2 nitrogen and oxygen atoms in total. The zero-order valence-electron chi connectivity index (χ0n) is 13.3. The molecule has 0 aliphatic heterocycles. The smallest absolute Gasteiger partial charge is 0.244 e. The second-order valence-corrected chi connectivity index (χ2v) is 5.81. The van der Waals surface area contributed by atoms with Crippen molar-refractivity contribution < 1.29 is 4.79 Å². The first-order chi connectivity index (χ1) is 10.1. The van der Waals surface area contributed by atoms with E-state index in [0.717, 1.165) is 32.1 Å². The lowest BCUT2D eigenvalue weighted by Crippen LogP contribution is -2.19. The first-order valence-electron chi connectivity index (χ1n) is 8.17. The number of amides is 1. The van der Waals surface area contributed by atoms with Crippen molar-refractivity contribution in [1.29, 1.82) is 0 Å². The van der Waals surface area contributed by atoms with Gasteiger partial charge < -0.3 is 5.73 Å². The van der Waals surface area contributed by atoms with E-state index in [2.05, 4.69) is 43.8 Å². The Balaban J connectivity index is 2.16. The van der Waals surface area contributed by atoms with Crippen LogP contribution in [-0.4, -0.2) is 5.91 Å². The van der Waals surface area contributed by atoms with E-state index in [4.69, 9.17) is 5.73 Å². The topological polar surface area (TPSA) is 43.1 Å². The van der Waals surface area contributed by atoms with Crippen molar-refractivity contribution in [1.82, 2.24) is 0 Å². The quantitative estimate of drug-likeness (QED) is 0.467. The summed E-state index contributed by atoms with van der Waals surface area (Å²) in [5.74, 6) is -0.0563. The number of benzene rings is 1. The van der Waals surface area contributed by atoms with Crippen LogP contribution >= 0.6 is 0 Å². The number of carbonyl (C=O) groups excluding carboxylic acids is 1. The maximum Gasteiger partial charge on any atom is 0.244 e. The number of primary amides is 1. The summed E-state index contributed by atoms with van der Waals surface area (Å²) in [5.41, 5.74) is 7.38. The van der Waals surface area contributed by atoms with Gasteiger partial charge in [0.2, 0.25) is 5.91 Å². The molecule has 21 heavy (non-hydrogen) atoms. The molecule has 0 fully saturated rings. The van der Waals surface area contributed by atoms with Crippen LogP contribution in [0.5, 0.6) is 0 Å². The van der Waals surface area contributed by atoms with E-state index >= 15 is 0 Å². The predicted octanol–water partition coefficient (Wildman–Crippen LogP) is 4.64. The molecular formula is C19H29NO. The monoisotopic (exact) mass is 287 g/mol. The van der Waals surface area contributed by atoms with Crippen molar-refractivity contribution >= 4 is 5.91 Å². The zero-order valence-corrected chi connectivity index (χ0v) is 13.3. The van der Waals surface area contributed by atoms with Crippen LogP contribution in [0.25, 0.3) is 0 Å². The largest absolute Gasteiger partial charge is 0.366 e. The number of rotatable bonds is 11. The Morgan fingerprint density at radius 3 is 2.38 bits per heavy atom. The third kappa shape index (κ3) is 7.12. The molecule has 2 N–H and O–H groups in total. The normalized spacial score (nSPS) is 12.0. The molecule has 2 heteroatoms. The number of carbonyl (C=O) groups is 1. The van der Waals surface area contributed by atoms with Gasteiger partial charge in [-0.3, -0.25) is 4.79 Å². The molecule has 0 heterocycles.